The molecule has 1 unspecified atom stereocenters. The summed E-state index contributed by atoms with van der Waals surface area (Å²) in [7, 11) is -3.72. The Labute approximate surface area is 105 Å². The molecule has 94 valence electrons. The maximum Gasteiger partial charge on any atom is 0.265 e. The Bertz CT molecular complexity index is 495. The zero-order chi connectivity index (χ0) is 13.1. The first-order chi connectivity index (χ1) is 7.79. The van der Waals surface area contributed by atoms with Crippen LogP contribution in [-0.2, 0) is 24.7 Å². The molecule has 1 atom stereocenters. The first-order valence-corrected chi connectivity index (χ1v) is 7.88. The van der Waals surface area contributed by atoms with Gasteiger partial charge in [0, 0.05) is 0 Å². The molecule has 0 fully saturated rings. The summed E-state index contributed by atoms with van der Waals surface area (Å²) in [6.07, 6.45) is 2.52. The second-order valence-corrected chi connectivity index (χ2v) is 6.03. The largest absolute Gasteiger partial charge is 0.283 e. The highest BCUT2D eigenvalue weighted by molar-refractivity contribution is 8.13. The molecule has 0 amide bonds. The van der Waals surface area contributed by atoms with Gasteiger partial charge in [-0.15, -0.1) is 0 Å². The molecule has 0 bridgehead atoms. The van der Waals surface area contributed by atoms with Gasteiger partial charge in [-0.1, -0.05) is 42.1 Å². The first-order valence-electron chi connectivity index (χ1n) is 4.84. The lowest BCUT2D eigenvalue weighted by Gasteiger charge is -2.26. The number of hydrogen-bond acceptors (Lipinski definition) is 5. The summed E-state index contributed by atoms with van der Waals surface area (Å²) in [6, 6.07) is 8.58. The van der Waals surface area contributed by atoms with E-state index in [9.17, 15) is 13.2 Å². The van der Waals surface area contributed by atoms with E-state index >= 15 is 0 Å². The van der Waals surface area contributed by atoms with Crippen LogP contribution in [0.3, 0.4) is 0 Å². The number of carbonyl (C=O) groups excluding carboxylic acids is 1. The van der Waals surface area contributed by atoms with Crippen LogP contribution in [0.1, 0.15) is 12.5 Å². The first kappa shape index (κ1) is 14.2. The van der Waals surface area contributed by atoms with Crippen LogP contribution in [0.25, 0.3) is 0 Å². The van der Waals surface area contributed by atoms with Crippen molar-refractivity contribution in [3.05, 3.63) is 35.9 Å². The van der Waals surface area contributed by atoms with E-state index in [1.165, 1.54) is 6.92 Å². The predicted molar refractivity (Wildman–Crippen MR) is 68.2 cm³/mol. The maximum absolute atomic E-state index is 11.9. The second-order valence-electron chi connectivity index (χ2n) is 3.68. The van der Waals surface area contributed by atoms with Crippen LogP contribution in [0, 0.1) is 0 Å². The topological polar surface area (TPSA) is 60.4 Å². The van der Waals surface area contributed by atoms with E-state index in [0.29, 0.717) is 5.56 Å². The summed E-state index contributed by atoms with van der Waals surface area (Å²) >= 11 is 0.939. The smallest absolute Gasteiger partial charge is 0.265 e. The molecule has 1 aromatic carbocycles. The van der Waals surface area contributed by atoms with Gasteiger partial charge in [-0.05, 0) is 18.7 Å². The van der Waals surface area contributed by atoms with E-state index in [4.69, 9.17) is 4.18 Å². The zero-order valence-electron chi connectivity index (χ0n) is 9.84. The number of carbonyl (C=O) groups is 1. The molecule has 4 nitrogen and oxygen atoms in total. The van der Waals surface area contributed by atoms with Gasteiger partial charge in [-0.2, -0.15) is 8.42 Å². The van der Waals surface area contributed by atoms with Crippen molar-refractivity contribution in [1.29, 1.82) is 0 Å². The lowest BCUT2D eigenvalue weighted by atomic mass is 9.98. The van der Waals surface area contributed by atoms with Gasteiger partial charge < -0.3 is 0 Å². The molecule has 0 heterocycles. The lowest BCUT2D eigenvalue weighted by molar-refractivity contribution is -0.124. The third-order valence-electron chi connectivity index (χ3n) is 2.22. The molecule has 0 aromatic heterocycles. The Morgan fingerprint density at radius 3 is 2.24 bits per heavy atom. The number of rotatable bonds is 4. The molecule has 1 rings (SSSR count). The standard InChI is InChI=1S/C11H14O4S2/c1-11(10(12)16-2,15-17(3,13)14)9-7-5-4-6-8-9/h4-8H,1-3H3. The van der Waals surface area contributed by atoms with Crippen molar-refractivity contribution in [1.82, 2.24) is 0 Å². The monoisotopic (exact) mass is 274 g/mol. The summed E-state index contributed by atoms with van der Waals surface area (Å²) < 4.78 is 27.5. The Balaban J connectivity index is 3.25. The van der Waals surface area contributed by atoms with E-state index < -0.39 is 15.7 Å². The van der Waals surface area contributed by atoms with Gasteiger partial charge in [0.25, 0.3) is 10.1 Å². The van der Waals surface area contributed by atoms with Crippen LogP contribution in [0.4, 0.5) is 0 Å². The minimum atomic E-state index is -3.72. The van der Waals surface area contributed by atoms with Crippen molar-refractivity contribution in [2.24, 2.45) is 0 Å². The molecule has 6 heteroatoms. The highest BCUT2D eigenvalue weighted by atomic mass is 32.2. The Hall–Kier alpha value is -0.850. The molecule has 0 aliphatic rings. The van der Waals surface area contributed by atoms with Crippen molar-refractivity contribution >= 4 is 27.0 Å². The van der Waals surface area contributed by atoms with E-state index in [1.54, 1.807) is 36.6 Å². The molecule has 0 saturated carbocycles. The van der Waals surface area contributed by atoms with Crippen molar-refractivity contribution in [3.8, 4) is 0 Å². The Morgan fingerprint density at radius 2 is 1.82 bits per heavy atom. The molecular formula is C11H14O4S2. The third kappa shape index (κ3) is 3.55. The summed E-state index contributed by atoms with van der Waals surface area (Å²) in [5.41, 5.74) is -0.960. The van der Waals surface area contributed by atoms with Crippen LogP contribution in [0.2, 0.25) is 0 Å². The lowest BCUT2D eigenvalue weighted by Crippen LogP contribution is -2.35. The molecule has 0 aliphatic carbocycles. The van der Waals surface area contributed by atoms with Gasteiger partial charge in [0.05, 0.1) is 6.26 Å². The second kappa shape index (κ2) is 5.20. The number of benzene rings is 1. The van der Waals surface area contributed by atoms with E-state index in [2.05, 4.69) is 0 Å². The minimum absolute atomic E-state index is 0.353. The van der Waals surface area contributed by atoms with Gasteiger partial charge in [-0.25, -0.2) is 0 Å². The fourth-order valence-corrected chi connectivity index (χ4v) is 2.83. The van der Waals surface area contributed by atoms with Gasteiger partial charge in [0.15, 0.2) is 5.60 Å². The Kier molecular flexibility index (Phi) is 4.35. The molecule has 0 aliphatic heterocycles. The van der Waals surface area contributed by atoms with Crippen molar-refractivity contribution in [2.45, 2.75) is 12.5 Å². The van der Waals surface area contributed by atoms with Crippen molar-refractivity contribution < 1.29 is 17.4 Å². The molecule has 0 radical (unpaired) electrons. The van der Waals surface area contributed by atoms with Crippen LogP contribution < -0.4 is 0 Å². The SMILES string of the molecule is CSC(=O)C(C)(OS(C)(=O)=O)c1ccccc1. The normalized spacial score (nSPS) is 15.2. The summed E-state index contributed by atoms with van der Waals surface area (Å²) in [4.78, 5) is 11.9. The third-order valence-corrected chi connectivity index (χ3v) is 3.61. The fourth-order valence-electron chi connectivity index (χ4n) is 1.45. The molecular weight excluding hydrogens is 260 g/mol. The quantitative estimate of drug-likeness (QED) is 0.783. The predicted octanol–water partition coefficient (Wildman–Crippen LogP) is 1.77. The summed E-state index contributed by atoms with van der Waals surface area (Å²) in [5.74, 6) is 0. The molecule has 0 saturated heterocycles. The molecule has 1 aromatic rings. The van der Waals surface area contributed by atoms with Gasteiger partial charge in [0.1, 0.15) is 0 Å². The highest BCUT2D eigenvalue weighted by Crippen LogP contribution is 2.31. The molecule has 17 heavy (non-hydrogen) atoms. The Morgan fingerprint density at radius 1 is 1.29 bits per heavy atom. The van der Waals surface area contributed by atoms with Gasteiger partial charge in [-0.3, -0.25) is 8.98 Å². The van der Waals surface area contributed by atoms with Gasteiger partial charge >= 0.3 is 0 Å². The fraction of sp³-hybridized carbons (Fsp3) is 0.364. The minimum Gasteiger partial charge on any atom is -0.283 e. The van der Waals surface area contributed by atoms with Crippen molar-refractivity contribution in [2.75, 3.05) is 12.5 Å². The molecule has 0 N–H and O–H groups in total. The van der Waals surface area contributed by atoms with Crippen LogP contribution in [0.15, 0.2) is 30.3 Å². The average Bonchev–Trinajstić information content (AvgIpc) is 2.26. The molecule has 0 spiro atoms. The van der Waals surface area contributed by atoms with Gasteiger partial charge in [0.2, 0.25) is 5.12 Å². The summed E-state index contributed by atoms with van der Waals surface area (Å²) in [5, 5.41) is -0.353. The van der Waals surface area contributed by atoms with Crippen LogP contribution >= 0.6 is 11.8 Å². The van der Waals surface area contributed by atoms with E-state index in [0.717, 1.165) is 18.0 Å². The highest BCUT2D eigenvalue weighted by Gasteiger charge is 2.39. The van der Waals surface area contributed by atoms with Crippen molar-refractivity contribution in [3.63, 3.8) is 0 Å². The van der Waals surface area contributed by atoms with Crippen LogP contribution in [0.5, 0.6) is 0 Å². The number of thioether (sulfide) groups is 1. The zero-order valence-corrected chi connectivity index (χ0v) is 11.5. The number of hydrogen-bond donors (Lipinski definition) is 0. The van der Waals surface area contributed by atoms with E-state index in [1.807, 2.05) is 0 Å². The maximum atomic E-state index is 11.9. The average molecular weight is 274 g/mol. The van der Waals surface area contributed by atoms with Crippen LogP contribution in [-0.4, -0.2) is 26.0 Å². The van der Waals surface area contributed by atoms with E-state index in [-0.39, 0.29) is 5.12 Å². The summed E-state index contributed by atoms with van der Waals surface area (Å²) in [6.45, 7) is 1.46.